The Morgan fingerprint density at radius 1 is 1.19 bits per heavy atom. The third-order valence-electron chi connectivity index (χ3n) is 7.91. The van der Waals surface area contributed by atoms with E-state index in [1.54, 1.807) is 12.1 Å². The predicted octanol–water partition coefficient (Wildman–Crippen LogP) is 4.61. The summed E-state index contributed by atoms with van der Waals surface area (Å²) in [5.74, 6) is 1.51. The largest absolute Gasteiger partial charge is 0.364 e. The molecule has 6 rings (SSSR count). The third kappa shape index (κ3) is 3.34. The van der Waals surface area contributed by atoms with Gasteiger partial charge < -0.3 is 10.2 Å². The van der Waals surface area contributed by atoms with E-state index in [0.717, 1.165) is 49.1 Å². The molecule has 32 heavy (non-hydrogen) atoms. The summed E-state index contributed by atoms with van der Waals surface area (Å²) < 4.78 is 13.9. The highest BCUT2D eigenvalue weighted by molar-refractivity contribution is 5.87. The van der Waals surface area contributed by atoms with Crippen molar-refractivity contribution in [3.8, 4) is 0 Å². The normalized spacial score (nSPS) is 22.2. The van der Waals surface area contributed by atoms with Gasteiger partial charge in [-0.15, -0.1) is 0 Å². The molecule has 2 N–H and O–H groups in total. The summed E-state index contributed by atoms with van der Waals surface area (Å²) in [5.41, 5.74) is 2.79. The molecule has 3 aromatic rings. The number of hydrogen-bond acceptors (Lipinski definition) is 4. The zero-order valence-electron chi connectivity index (χ0n) is 18.1. The van der Waals surface area contributed by atoms with E-state index < -0.39 is 0 Å². The molecule has 1 aromatic carbocycles. The molecule has 0 bridgehead atoms. The molecule has 3 heterocycles. The fourth-order valence-corrected chi connectivity index (χ4v) is 5.60. The minimum Gasteiger partial charge on any atom is -0.364 e. The van der Waals surface area contributed by atoms with Crippen molar-refractivity contribution in [2.45, 2.75) is 51.0 Å². The Labute approximate surface area is 186 Å². The number of H-pyrrole nitrogens is 1. The number of likely N-dealkylation sites (tertiary alicyclic amines) is 1. The van der Waals surface area contributed by atoms with Crippen LogP contribution in [0, 0.1) is 17.2 Å². The fraction of sp³-hybridized carbons (Fsp3) is 0.480. The van der Waals surface area contributed by atoms with Crippen LogP contribution in [0.4, 0.5) is 10.2 Å². The second-order valence-electron chi connectivity index (χ2n) is 9.72. The monoisotopic (exact) mass is 433 g/mol. The molecular formula is C25H28FN5O. The Morgan fingerprint density at radius 3 is 2.72 bits per heavy atom. The van der Waals surface area contributed by atoms with Crippen molar-refractivity contribution in [1.82, 2.24) is 20.1 Å². The van der Waals surface area contributed by atoms with Gasteiger partial charge in [0.15, 0.2) is 11.5 Å². The average Bonchev–Trinajstić information content (AvgIpc) is 3.46. The molecule has 0 unspecified atom stereocenters. The number of carbonyl (C=O) groups is 1. The summed E-state index contributed by atoms with van der Waals surface area (Å²) in [5, 5.41) is 11.5. The number of aromatic amines is 1. The number of fused-ring (bicyclic) bond motifs is 1. The smallest absolute Gasteiger partial charge is 0.226 e. The lowest BCUT2D eigenvalue weighted by Crippen LogP contribution is -2.40. The number of anilines is 1. The molecule has 6 nitrogen and oxygen atoms in total. The zero-order chi connectivity index (χ0) is 21.7. The maximum atomic E-state index is 13.9. The second-order valence-corrected chi connectivity index (χ2v) is 9.72. The molecule has 1 amide bonds. The van der Waals surface area contributed by atoms with Gasteiger partial charge in [-0.1, -0.05) is 24.6 Å². The average molecular weight is 434 g/mol. The number of piperidine rings is 1. The SMILES string of the molecule is O=C([C@@H]1CC12CCC2)N1CCC(c2ccc3c(NCc4ccccc4F)n[nH]c3n2)CC1. The van der Waals surface area contributed by atoms with Crippen molar-refractivity contribution in [1.29, 1.82) is 0 Å². The standard InChI is InChI=1S/C25H28FN5O/c26-20-5-2-1-4-17(20)15-27-22-18-6-7-21(28-23(18)30-29-22)16-8-12-31(13-9-16)24(32)19-14-25(19)10-3-11-25/h1-2,4-7,16,19H,3,8-15H2,(H2,27,28,29,30)/t19-/m0/s1. The first-order valence-electron chi connectivity index (χ1n) is 11.7. The van der Waals surface area contributed by atoms with Crippen LogP contribution in [0.15, 0.2) is 36.4 Å². The Kier molecular flexibility index (Phi) is 4.66. The van der Waals surface area contributed by atoms with Crippen molar-refractivity contribution in [2.75, 3.05) is 18.4 Å². The molecule has 0 radical (unpaired) electrons. The predicted molar refractivity (Wildman–Crippen MR) is 121 cm³/mol. The van der Waals surface area contributed by atoms with Crippen LogP contribution in [0.1, 0.15) is 55.7 Å². The van der Waals surface area contributed by atoms with E-state index in [4.69, 9.17) is 4.98 Å². The summed E-state index contributed by atoms with van der Waals surface area (Å²) in [4.78, 5) is 19.8. The molecule has 1 aliphatic heterocycles. The van der Waals surface area contributed by atoms with E-state index in [0.29, 0.717) is 41.1 Å². The number of nitrogens with zero attached hydrogens (tertiary/aromatic N) is 3. The number of amides is 1. The van der Waals surface area contributed by atoms with Crippen molar-refractivity contribution in [3.05, 3.63) is 53.5 Å². The van der Waals surface area contributed by atoms with Gasteiger partial charge in [-0.3, -0.25) is 9.89 Å². The summed E-state index contributed by atoms with van der Waals surface area (Å²) >= 11 is 0. The molecule has 1 spiro atoms. The summed E-state index contributed by atoms with van der Waals surface area (Å²) in [6.45, 7) is 2.02. The number of hydrogen-bond donors (Lipinski definition) is 2. The van der Waals surface area contributed by atoms with E-state index in [2.05, 4.69) is 26.5 Å². The lowest BCUT2D eigenvalue weighted by molar-refractivity contribution is -0.135. The fourth-order valence-electron chi connectivity index (χ4n) is 5.60. The molecule has 1 atom stereocenters. The number of halogens is 1. The van der Waals surface area contributed by atoms with Crippen molar-refractivity contribution in [3.63, 3.8) is 0 Å². The quantitative estimate of drug-likeness (QED) is 0.617. The molecule has 2 aliphatic carbocycles. The van der Waals surface area contributed by atoms with Crippen LogP contribution < -0.4 is 5.32 Å². The van der Waals surface area contributed by atoms with Crippen LogP contribution in [0.5, 0.6) is 0 Å². The molecule has 2 saturated carbocycles. The first kappa shape index (κ1) is 19.7. The van der Waals surface area contributed by atoms with E-state index >= 15 is 0 Å². The maximum absolute atomic E-state index is 13.9. The maximum Gasteiger partial charge on any atom is 0.226 e. The molecule has 7 heteroatoms. The van der Waals surface area contributed by atoms with Crippen LogP contribution in [0.3, 0.4) is 0 Å². The first-order chi connectivity index (χ1) is 15.6. The lowest BCUT2D eigenvalue weighted by Gasteiger charge is -2.34. The topological polar surface area (TPSA) is 73.9 Å². The van der Waals surface area contributed by atoms with Crippen LogP contribution in [-0.4, -0.2) is 39.1 Å². The molecule has 1 saturated heterocycles. The number of pyridine rings is 1. The molecule has 2 aromatic heterocycles. The second kappa shape index (κ2) is 7.57. The number of aromatic nitrogens is 3. The van der Waals surface area contributed by atoms with E-state index in [9.17, 15) is 9.18 Å². The lowest BCUT2D eigenvalue weighted by atomic mass is 9.79. The number of nitrogens with one attached hydrogen (secondary N) is 2. The van der Waals surface area contributed by atoms with Crippen molar-refractivity contribution in [2.24, 2.45) is 11.3 Å². The summed E-state index contributed by atoms with van der Waals surface area (Å²) in [6.07, 6.45) is 6.84. The Bertz CT molecular complexity index is 1160. The number of benzene rings is 1. The van der Waals surface area contributed by atoms with Gasteiger partial charge in [0.25, 0.3) is 0 Å². The van der Waals surface area contributed by atoms with Gasteiger partial charge in [0, 0.05) is 42.7 Å². The molecule has 3 aliphatic rings. The van der Waals surface area contributed by atoms with Gasteiger partial charge in [0.1, 0.15) is 5.82 Å². The highest BCUT2D eigenvalue weighted by atomic mass is 19.1. The first-order valence-corrected chi connectivity index (χ1v) is 11.7. The van der Waals surface area contributed by atoms with Gasteiger partial charge >= 0.3 is 0 Å². The highest BCUT2D eigenvalue weighted by Crippen LogP contribution is 2.66. The Balaban J connectivity index is 1.09. The van der Waals surface area contributed by atoms with Crippen LogP contribution in [0.2, 0.25) is 0 Å². The van der Waals surface area contributed by atoms with Crippen LogP contribution in [-0.2, 0) is 11.3 Å². The highest BCUT2D eigenvalue weighted by Gasteiger charge is 2.61. The summed E-state index contributed by atoms with van der Waals surface area (Å²) in [7, 11) is 0. The number of rotatable bonds is 5. The van der Waals surface area contributed by atoms with E-state index in [1.807, 2.05) is 12.1 Å². The number of carbonyl (C=O) groups excluding carboxylic acids is 1. The van der Waals surface area contributed by atoms with E-state index in [-0.39, 0.29) is 5.82 Å². The van der Waals surface area contributed by atoms with Gasteiger partial charge in [0.05, 0.1) is 5.39 Å². The van der Waals surface area contributed by atoms with Crippen molar-refractivity contribution >= 4 is 22.8 Å². The summed E-state index contributed by atoms with van der Waals surface area (Å²) in [6, 6.07) is 10.8. The van der Waals surface area contributed by atoms with E-state index in [1.165, 1.54) is 25.3 Å². The molecule has 166 valence electrons. The zero-order valence-corrected chi connectivity index (χ0v) is 18.1. The van der Waals surface area contributed by atoms with Crippen LogP contribution >= 0.6 is 0 Å². The molecule has 3 fully saturated rings. The third-order valence-corrected chi connectivity index (χ3v) is 7.91. The van der Waals surface area contributed by atoms with Gasteiger partial charge in [-0.25, -0.2) is 9.37 Å². The Hall–Kier alpha value is -2.96. The minimum absolute atomic E-state index is 0.227. The van der Waals surface area contributed by atoms with Crippen molar-refractivity contribution < 1.29 is 9.18 Å². The van der Waals surface area contributed by atoms with Crippen LogP contribution in [0.25, 0.3) is 11.0 Å². The van der Waals surface area contributed by atoms with Gasteiger partial charge in [-0.05, 0) is 55.7 Å². The Morgan fingerprint density at radius 2 is 2.00 bits per heavy atom. The minimum atomic E-state index is -0.227. The van der Waals surface area contributed by atoms with Gasteiger partial charge in [-0.2, -0.15) is 5.10 Å². The molecular weight excluding hydrogens is 405 g/mol. The van der Waals surface area contributed by atoms with Gasteiger partial charge in [0.2, 0.25) is 5.91 Å².